The number of nitriles is 1. The molecular formula is C11H10BrNS. The maximum absolute atomic E-state index is 8.74. The van der Waals surface area contributed by atoms with Crippen molar-refractivity contribution < 1.29 is 0 Å². The van der Waals surface area contributed by atoms with Crippen LogP contribution in [0.4, 0.5) is 0 Å². The number of rotatable bonds is 1. The molecule has 0 spiro atoms. The lowest BCUT2D eigenvalue weighted by atomic mass is 9.98. The van der Waals surface area contributed by atoms with Crippen molar-refractivity contribution in [1.29, 1.82) is 5.26 Å². The zero-order valence-electron chi connectivity index (χ0n) is 7.66. The van der Waals surface area contributed by atoms with E-state index in [1.165, 1.54) is 23.5 Å². The number of halogens is 1. The molecule has 1 unspecified atom stereocenters. The van der Waals surface area contributed by atoms with Crippen LogP contribution in [-0.2, 0) is 0 Å². The van der Waals surface area contributed by atoms with Crippen LogP contribution in [0.1, 0.15) is 23.5 Å². The third-order valence-electron chi connectivity index (χ3n) is 2.50. The van der Waals surface area contributed by atoms with Gasteiger partial charge >= 0.3 is 0 Å². The molecule has 0 amide bonds. The molecule has 1 heterocycles. The Morgan fingerprint density at radius 1 is 1.50 bits per heavy atom. The van der Waals surface area contributed by atoms with Gasteiger partial charge in [0.15, 0.2) is 0 Å². The van der Waals surface area contributed by atoms with E-state index in [0.717, 1.165) is 10.0 Å². The monoisotopic (exact) mass is 267 g/mol. The van der Waals surface area contributed by atoms with E-state index in [9.17, 15) is 0 Å². The van der Waals surface area contributed by atoms with Crippen LogP contribution < -0.4 is 0 Å². The molecule has 0 saturated carbocycles. The number of hydrogen-bond donors (Lipinski definition) is 0. The summed E-state index contributed by atoms with van der Waals surface area (Å²) >= 11 is 5.55. The third-order valence-corrected chi connectivity index (χ3v) is 4.35. The number of hydrogen-bond acceptors (Lipinski definition) is 2. The van der Waals surface area contributed by atoms with Gasteiger partial charge in [0.05, 0.1) is 11.6 Å². The van der Waals surface area contributed by atoms with Crippen molar-refractivity contribution in [3.63, 3.8) is 0 Å². The van der Waals surface area contributed by atoms with Crippen LogP contribution in [-0.4, -0.2) is 11.5 Å². The Labute approximate surface area is 96.6 Å². The second-order valence-electron chi connectivity index (χ2n) is 3.41. The first-order chi connectivity index (χ1) is 6.81. The van der Waals surface area contributed by atoms with Crippen LogP contribution in [0.3, 0.4) is 0 Å². The van der Waals surface area contributed by atoms with Crippen LogP contribution in [0.25, 0.3) is 0 Å². The van der Waals surface area contributed by atoms with Gasteiger partial charge in [0.2, 0.25) is 0 Å². The third kappa shape index (κ3) is 1.97. The van der Waals surface area contributed by atoms with E-state index in [4.69, 9.17) is 5.26 Å². The second-order valence-corrected chi connectivity index (χ2v) is 5.41. The summed E-state index contributed by atoms with van der Waals surface area (Å²) in [4.78, 5) is 0. The summed E-state index contributed by atoms with van der Waals surface area (Å²) in [5.74, 6) is 3.14. The molecule has 1 aliphatic heterocycles. The minimum atomic E-state index is 0.669. The smallest absolute Gasteiger partial charge is 0.0992 e. The minimum Gasteiger partial charge on any atom is -0.192 e. The first kappa shape index (κ1) is 10.1. The van der Waals surface area contributed by atoms with Crippen LogP contribution in [0.5, 0.6) is 0 Å². The van der Waals surface area contributed by atoms with Gasteiger partial charge in [0.25, 0.3) is 0 Å². The molecule has 1 aromatic carbocycles. The fourth-order valence-electron chi connectivity index (χ4n) is 1.71. The summed E-state index contributed by atoms with van der Waals surface area (Å²) in [7, 11) is 0. The van der Waals surface area contributed by atoms with E-state index in [2.05, 4.69) is 28.1 Å². The van der Waals surface area contributed by atoms with E-state index >= 15 is 0 Å². The van der Waals surface area contributed by atoms with Gasteiger partial charge < -0.3 is 0 Å². The molecule has 1 fully saturated rings. The molecule has 1 aromatic rings. The Kier molecular flexibility index (Phi) is 3.15. The van der Waals surface area contributed by atoms with E-state index in [1.807, 2.05) is 23.9 Å². The predicted molar refractivity (Wildman–Crippen MR) is 63.5 cm³/mol. The Balaban J connectivity index is 2.30. The molecule has 72 valence electrons. The molecule has 14 heavy (non-hydrogen) atoms. The van der Waals surface area contributed by atoms with Gasteiger partial charge in [-0.1, -0.05) is 22.0 Å². The van der Waals surface area contributed by atoms with Crippen molar-refractivity contribution in [3.8, 4) is 6.07 Å². The van der Waals surface area contributed by atoms with Crippen molar-refractivity contribution in [2.45, 2.75) is 12.3 Å². The van der Waals surface area contributed by atoms with Gasteiger partial charge in [-0.25, -0.2) is 0 Å². The molecule has 2 rings (SSSR count). The van der Waals surface area contributed by atoms with Crippen LogP contribution in [0, 0.1) is 11.3 Å². The Hall–Kier alpha value is -0.460. The van der Waals surface area contributed by atoms with Crippen molar-refractivity contribution in [2.24, 2.45) is 0 Å². The van der Waals surface area contributed by atoms with Crippen LogP contribution in [0.15, 0.2) is 22.7 Å². The SMILES string of the molecule is N#Cc1ccc(C2CCSC2)c(Br)c1. The van der Waals surface area contributed by atoms with Crippen LogP contribution >= 0.6 is 27.7 Å². The standard InChI is InChI=1S/C11H10BrNS/c12-11-5-8(6-13)1-2-10(11)9-3-4-14-7-9/h1-2,5,9H,3-4,7H2. The normalized spacial score (nSPS) is 20.7. The summed E-state index contributed by atoms with van der Waals surface area (Å²) < 4.78 is 1.09. The van der Waals surface area contributed by atoms with Gasteiger partial charge in [-0.05, 0) is 35.8 Å². The lowest BCUT2D eigenvalue weighted by Crippen LogP contribution is -1.97. The van der Waals surface area contributed by atoms with E-state index < -0.39 is 0 Å². The summed E-state index contributed by atoms with van der Waals surface area (Å²) in [6, 6.07) is 8.05. The number of nitrogens with zero attached hydrogens (tertiary/aromatic N) is 1. The molecule has 1 saturated heterocycles. The summed E-state index contributed by atoms with van der Waals surface area (Å²) in [6.07, 6.45) is 1.26. The van der Waals surface area contributed by atoms with Crippen molar-refractivity contribution in [3.05, 3.63) is 33.8 Å². The van der Waals surface area contributed by atoms with Gasteiger partial charge in [0, 0.05) is 10.2 Å². The average Bonchev–Trinajstić information content (AvgIpc) is 2.70. The van der Waals surface area contributed by atoms with E-state index in [0.29, 0.717) is 5.92 Å². The number of benzene rings is 1. The first-order valence-electron chi connectivity index (χ1n) is 4.58. The molecule has 0 bridgehead atoms. The number of thioether (sulfide) groups is 1. The fraction of sp³-hybridized carbons (Fsp3) is 0.364. The predicted octanol–water partition coefficient (Wildman–Crippen LogP) is 3.54. The highest BCUT2D eigenvalue weighted by molar-refractivity contribution is 9.10. The molecule has 1 nitrogen and oxygen atoms in total. The average molecular weight is 268 g/mol. The Bertz CT molecular complexity index is 377. The van der Waals surface area contributed by atoms with Crippen molar-refractivity contribution >= 4 is 27.7 Å². The first-order valence-corrected chi connectivity index (χ1v) is 6.53. The summed E-state index contributed by atoms with van der Waals surface area (Å²) in [5.41, 5.74) is 2.08. The topological polar surface area (TPSA) is 23.8 Å². The lowest BCUT2D eigenvalue weighted by Gasteiger charge is -2.10. The van der Waals surface area contributed by atoms with Gasteiger partial charge in [-0.3, -0.25) is 0 Å². The maximum atomic E-state index is 8.74. The zero-order chi connectivity index (χ0) is 9.97. The molecule has 0 aliphatic carbocycles. The highest BCUT2D eigenvalue weighted by Gasteiger charge is 2.19. The van der Waals surface area contributed by atoms with E-state index in [-0.39, 0.29) is 0 Å². The molecule has 3 heteroatoms. The molecule has 0 N–H and O–H groups in total. The second kappa shape index (κ2) is 4.37. The van der Waals surface area contributed by atoms with Gasteiger partial charge in [-0.15, -0.1) is 0 Å². The molecular weight excluding hydrogens is 258 g/mol. The highest BCUT2D eigenvalue weighted by Crippen LogP contribution is 2.36. The maximum Gasteiger partial charge on any atom is 0.0992 e. The fourth-order valence-corrected chi connectivity index (χ4v) is 3.66. The summed E-state index contributed by atoms with van der Waals surface area (Å²) in [5, 5.41) is 8.74. The highest BCUT2D eigenvalue weighted by atomic mass is 79.9. The molecule has 0 aromatic heterocycles. The Morgan fingerprint density at radius 2 is 2.36 bits per heavy atom. The summed E-state index contributed by atoms with van der Waals surface area (Å²) in [6.45, 7) is 0. The van der Waals surface area contributed by atoms with Gasteiger partial charge in [0.1, 0.15) is 0 Å². The minimum absolute atomic E-state index is 0.669. The zero-order valence-corrected chi connectivity index (χ0v) is 10.1. The van der Waals surface area contributed by atoms with Crippen molar-refractivity contribution in [1.82, 2.24) is 0 Å². The van der Waals surface area contributed by atoms with Crippen molar-refractivity contribution in [2.75, 3.05) is 11.5 Å². The molecule has 1 atom stereocenters. The van der Waals surface area contributed by atoms with Crippen LogP contribution in [0.2, 0.25) is 0 Å². The Morgan fingerprint density at radius 3 is 2.93 bits per heavy atom. The largest absolute Gasteiger partial charge is 0.192 e. The van der Waals surface area contributed by atoms with E-state index in [1.54, 1.807) is 0 Å². The molecule has 0 radical (unpaired) electrons. The lowest BCUT2D eigenvalue weighted by molar-refractivity contribution is 0.778. The molecule has 1 aliphatic rings. The van der Waals surface area contributed by atoms with Gasteiger partial charge in [-0.2, -0.15) is 17.0 Å². The quantitative estimate of drug-likeness (QED) is 0.777.